The summed E-state index contributed by atoms with van der Waals surface area (Å²) in [6, 6.07) is 1.77. The first-order valence-corrected chi connectivity index (χ1v) is 7.44. The molecule has 0 unspecified atom stereocenters. The molecule has 21 heavy (non-hydrogen) atoms. The first-order valence-electron chi connectivity index (χ1n) is 5.77. The summed E-state index contributed by atoms with van der Waals surface area (Å²) in [5.41, 5.74) is 1.15. The van der Waals surface area contributed by atoms with Crippen LogP contribution in [0.4, 0.5) is 13.2 Å². The Balaban J connectivity index is 2.00. The normalized spacial score (nSPS) is 13.4. The number of H-pyrrole nitrogens is 1. The van der Waals surface area contributed by atoms with Crippen molar-refractivity contribution in [3.8, 4) is 0 Å². The summed E-state index contributed by atoms with van der Waals surface area (Å²) in [5.74, 6) is -0.702. The van der Waals surface area contributed by atoms with E-state index >= 15 is 0 Å². The van der Waals surface area contributed by atoms with E-state index in [0.717, 1.165) is 16.2 Å². The molecule has 5 nitrogen and oxygen atoms in total. The smallest absolute Gasteiger partial charge is 0.346 e. The molecule has 0 aliphatic heterocycles. The number of nitrogens with one attached hydrogen (secondary N) is 2. The number of alkyl halides is 3. The van der Waals surface area contributed by atoms with Crippen LogP contribution < -0.4 is 5.32 Å². The maximum atomic E-state index is 12.0. The molecular weight excluding hydrogens is 373 g/mol. The number of amides is 1. The predicted octanol–water partition coefficient (Wildman–Crippen LogP) is 2.88. The van der Waals surface area contributed by atoms with Crippen molar-refractivity contribution in [2.24, 2.45) is 0 Å². The number of hydrogen-bond donors (Lipinski definition) is 2. The third kappa shape index (κ3) is 4.60. The Morgan fingerprint density at radius 1 is 1.57 bits per heavy atom. The maximum absolute atomic E-state index is 12.0. The summed E-state index contributed by atoms with van der Waals surface area (Å²) in [5, 5.41) is 1.55. The molecule has 0 saturated carbocycles. The van der Waals surface area contributed by atoms with Crippen molar-refractivity contribution in [3.63, 3.8) is 0 Å². The second-order valence-corrected chi connectivity index (χ2v) is 6.40. The van der Waals surface area contributed by atoms with E-state index in [2.05, 4.69) is 30.9 Å². The molecule has 114 valence electrons. The molecule has 1 atom stereocenters. The number of thioether (sulfide) groups is 1. The van der Waals surface area contributed by atoms with E-state index < -0.39 is 23.9 Å². The number of aromatic amines is 1. The first-order chi connectivity index (χ1) is 9.74. The van der Waals surface area contributed by atoms with Crippen LogP contribution in [0.3, 0.4) is 0 Å². The van der Waals surface area contributed by atoms with E-state index in [-0.39, 0.29) is 0 Å². The lowest BCUT2D eigenvalue weighted by Crippen LogP contribution is -2.38. The summed E-state index contributed by atoms with van der Waals surface area (Å²) in [6.07, 6.45) is -2.84. The van der Waals surface area contributed by atoms with E-state index in [0.29, 0.717) is 16.3 Å². The summed E-state index contributed by atoms with van der Waals surface area (Å²) < 4.78 is 36.9. The van der Waals surface area contributed by atoms with Crippen molar-refractivity contribution in [1.29, 1.82) is 0 Å². The minimum Gasteiger partial charge on any atom is -0.346 e. The van der Waals surface area contributed by atoms with Crippen LogP contribution in [0, 0.1) is 0 Å². The van der Waals surface area contributed by atoms with E-state index in [1.807, 2.05) is 5.32 Å². The van der Waals surface area contributed by atoms with Gasteiger partial charge in [-0.3, -0.25) is 4.79 Å². The first kappa shape index (κ1) is 16.1. The number of hydrogen-bond acceptors (Lipinski definition) is 4. The van der Waals surface area contributed by atoms with E-state index in [9.17, 15) is 18.0 Å². The van der Waals surface area contributed by atoms with Gasteiger partial charge in [-0.15, -0.1) is 0 Å². The molecule has 0 bridgehead atoms. The molecule has 0 radical (unpaired) electrons. The Morgan fingerprint density at radius 2 is 2.29 bits per heavy atom. The van der Waals surface area contributed by atoms with Crippen LogP contribution in [0.5, 0.6) is 0 Å². The van der Waals surface area contributed by atoms with Crippen molar-refractivity contribution in [2.75, 3.05) is 6.54 Å². The SMILES string of the molecule is C[C@H](Sc1nc2ncc(Br)cc2[nH]1)C(=O)NCC(F)(F)F. The second kappa shape index (κ2) is 6.22. The van der Waals surface area contributed by atoms with Gasteiger partial charge in [-0.25, -0.2) is 9.97 Å². The van der Waals surface area contributed by atoms with Gasteiger partial charge >= 0.3 is 6.18 Å². The third-order valence-electron chi connectivity index (χ3n) is 2.40. The van der Waals surface area contributed by atoms with Crippen LogP contribution in [-0.2, 0) is 4.79 Å². The fourth-order valence-corrected chi connectivity index (χ4v) is 2.62. The highest BCUT2D eigenvalue weighted by molar-refractivity contribution is 9.10. The van der Waals surface area contributed by atoms with Gasteiger partial charge in [0.1, 0.15) is 6.54 Å². The van der Waals surface area contributed by atoms with Crippen molar-refractivity contribution >= 4 is 44.8 Å². The number of nitrogens with zero attached hydrogens (tertiary/aromatic N) is 2. The Labute approximate surface area is 130 Å². The molecule has 0 fully saturated rings. The van der Waals surface area contributed by atoms with Crippen LogP contribution in [0.25, 0.3) is 11.2 Å². The van der Waals surface area contributed by atoms with Gasteiger partial charge in [0.05, 0.1) is 10.8 Å². The molecule has 0 saturated heterocycles. The number of pyridine rings is 1. The highest BCUT2D eigenvalue weighted by atomic mass is 79.9. The third-order valence-corrected chi connectivity index (χ3v) is 3.82. The Hall–Kier alpha value is -1.29. The molecule has 2 heterocycles. The van der Waals surface area contributed by atoms with Crippen molar-refractivity contribution < 1.29 is 18.0 Å². The van der Waals surface area contributed by atoms with Gasteiger partial charge in [0.15, 0.2) is 10.8 Å². The van der Waals surface area contributed by atoms with Crippen LogP contribution >= 0.6 is 27.7 Å². The van der Waals surface area contributed by atoms with Crippen LogP contribution in [-0.4, -0.2) is 38.8 Å². The summed E-state index contributed by atoms with van der Waals surface area (Å²) in [7, 11) is 0. The molecule has 1 amide bonds. The average Bonchev–Trinajstić information content (AvgIpc) is 2.76. The summed E-state index contributed by atoms with van der Waals surface area (Å²) in [4.78, 5) is 22.7. The topological polar surface area (TPSA) is 70.7 Å². The number of carbonyl (C=O) groups is 1. The minimum atomic E-state index is -4.42. The molecule has 2 rings (SSSR count). The van der Waals surface area contributed by atoms with Gasteiger partial charge in [-0.05, 0) is 28.9 Å². The lowest BCUT2D eigenvalue weighted by molar-refractivity contribution is -0.137. The van der Waals surface area contributed by atoms with Gasteiger partial charge in [0.25, 0.3) is 0 Å². The highest BCUT2D eigenvalue weighted by Crippen LogP contribution is 2.24. The largest absolute Gasteiger partial charge is 0.405 e. The van der Waals surface area contributed by atoms with Crippen LogP contribution in [0.2, 0.25) is 0 Å². The molecule has 0 aromatic carbocycles. The zero-order chi connectivity index (χ0) is 15.6. The quantitative estimate of drug-likeness (QED) is 0.797. The minimum absolute atomic E-state index is 0.422. The molecule has 2 aromatic rings. The maximum Gasteiger partial charge on any atom is 0.405 e. The van der Waals surface area contributed by atoms with E-state index in [1.54, 1.807) is 12.3 Å². The Morgan fingerprint density at radius 3 is 2.95 bits per heavy atom. The molecule has 0 spiro atoms. The molecule has 2 aromatic heterocycles. The van der Waals surface area contributed by atoms with Gasteiger partial charge in [-0.2, -0.15) is 13.2 Å². The number of halogens is 4. The van der Waals surface area contributed by atoms with Gasteiger partial charge in [0.2, 0.25) is 5.91 Å². The molecule has 0 aliphatic rings. The number of imidazole rings is 1. The summed E-state index contributed by atoms with van der Waals surface area (Å²) in [6.45, 7) is 0.165. The number of rotatable bonds is 4. The number of carbonyl (C=O) groups excluding carboxylic acids is 1. The van der Waals surface area contributed by atoms with Crippen molar-refractivity contribution in [1.82, 2.24) is 20.3 Å². The zero-order valence-corrected chi connectivity index (χ0v) is 13.1. The lowest BCUT2D eigenvalue weighted by Gasteiger charge is -2.11. The fourth-order valence-electron chi connectivity index (χ4n) is 1.46. The Kier molecular flexibility index (Phi) is 4.77. The second-order valence-electron chi connectivity index (χ2n) is 4.16. The molecule has 10 heteroatoms. The predicted molar refractivity (Wildman–Crippen MR) is 76.0 cm³/mol. The monoisotopic (exact) mass is 382 g/mol. The Bertz CT molecular complexity index is 660. The van der Waals surface area contributed by atoms with Crippen molar-refractivity contribution in [3.05, 3.63) is 16.7 Å². The number of fused-ring (bicyclic) bond motifs is 1. The lowest BCUT2D eigenvalue weighted by atomic mass is 10.4. The van der Waals surface area contributed by atoms with Crippen LogP contribution in [0.1, 0.15) is 6.92 Å². The molecule has 0 aliphatic carbocycles. The molecular formula is C11H10BrF3N4OS. The summed E-state index contributed by atoms with van der Waals surface area (Å²) >= 11 is 4.30. The zero-order valence-electron chi connectivity index (χ0n) is 10.7. The van der Waals surface area contributed by atoms with Crippen molar-refractivity contribution in [2.45, 2.75) is 23.5 Å². The van der Waals surface area contributed by atoms with E-state index in [1.165, 1.54) is 6.92 Å². The van der Waals surface area contributed by atoms with Gasteiger partial charge in [0, 0.05) is 10.7 Å². The average molecular weight is 383 g/mol. The van der Waals surface area contributed by atoms with Crippen LogP contribution in [0.15, 0.2) is 21.9 Å². The van der Waals surface area contributed by atoms with E-state index in [4.69, 9.17) is 0 Å². The van der Waals surface area contributed by atoms with Gasteiger partial charge in [-0.1, -0.05) is 11.8 Å². The van der Waals surface area contributed by atoms with Gasteiger partial charge < -0.3 is 10.3 Å². The highest BCUT2D eigenvalue weighted by Gasteiger charge is 2.29. The fraction of sp³-hybridized carbons (Fsp3) is 0.364. The number of aromatic nitrogens is 3. The molecule has 2 N–H and O–H groups in total. The standard InChI is InChI=1S/C11H10BrF3N4OS/c1-5(9(20)17-4-11(13,14)15)21-10-18-7-2-6(12)3-16-8(7)19-10/h2-3,5H,4H2,1H3,(H,17,20)(H,16,18,19)/t5-/m0/s1.